The zero-order valence-corrected chi connectivity index (χ0v) is 15.8. The fourth-order valence-corrected chi connectivity index (χ4v) is 3.52. The summed E-state index contributed by atoms with van der Waals surface area (Å²) in [5, 5.41) is 3.18. The number of nitrogens with zero attached hydrogens (tertiary/aromatic N) is 2. The smallest absolute Gasteiger partial charge is 0.251 e. The van der Waals surface area contributed by atoms with Crippen molar-refractivity contribution in [3.63, 3.8) is 0 Å². The summed E-state index contributed by atoms with van der Waals surface area (Å²) in [5.41, 5.74) is 3.35. The lowest BCUT2D eigenvalue weighted by Gasteiger charge is -2.34. The van der Waals surface area contributed by atoms with Crippen LogP contribution >= 0.6 is 0 Å². The second-order valence-corrected chi connectivity index (χ2v) is 7.46. The van der Waals surface area contributed by atoms with Crippen molar-refractivity contribution >= 4 is 22.7 Å². The van der Waals surface area contributed by atoms with Crippen molar-refractivity contribution in [1.82, 2.24) is 10.3 Å². The Labute approximate surface area is 159 Å². The third kappa shape index (κ3) is 3.82. The highest BCUT2D eigenvalue weighted by Crippen LogP contribution is 2.23. The van der Waals surface area contributed by atoms with E-state index in [2.05, 4.69) is 39.5 Å². The topological polar surface area (TPSA) is 58.4 Å². The summed E-state index contributed by atoms with van der Waals surface area (Å²) >= 11 is 0. The molecule has 1 amide bonds. The zero-order valence-electron chi connectivity index (χ0n) is 15.8. The monoisotopic (exact) mass is 363 g/mol. The first-order valence-electron chi connectivity index (χ1n) is 9.61. The van der Waals surface area contributed by atoms with E-state index in [1.54, 1.807) is 0 Å². The maximum atomic E-state index is 12.7. The number of anilines is 1. The lowest BCUT2D eigenvalue weighted by atomic mass is 10.0. The van der Waals surface area contributed by atoms with Gasteiger partial charge in [-0.2, -0.15) is 0 Å². The molecule has 0 aliphatic carbocycles. The van der Waals surface area contributed by atoms with Crippen molar-refractivity contribution in [1.29, 1.82) is 0 Å². The quantitative estimate of drug-likeness (QED) is 0.749. The van der Waals surface area contributed by atoms with Gasteiger partial charge in [-0.05, 0) is 43.2 Å². The van der Waals surface area contributed by atoms with Gasteiger partial charge in [0, 0.05) is 36.3 Å². The molecule has 2 heterocycles. The summed E-state index contributed by atoms with van der Waals surface area (Å²) in [4.78, 5) is 19.5. The molecule has 5 nitrogen and oxygen atoms in total. The number of benzene rings is 2. The maximum Gasteiger partial charge on any atom is 0.251 e. The van der Waals surface area contributed by atoms with Crippen LogP contribution in [0.2, 0.25) is 0 Å². The fraction of sp³-hybridized carbons (Fsp3) is 0.364. The highest BCUT2D eigenvalue weighted by Gasteiger charge is 2.21. The van der Waals surface area contributed by atoms with Gasteiger partial charge in [0.25, 0.3) is 5.91 Å². The minimum Gasteiger partial charge on any atom is -0.440 e. The Balaban J connectivity index is 1.39. The molecule has 0 bridgehead atoms. The van der Waals surface area contributed by atoms with Gasteiger partial charge in [-0.15, -0.1) is 0 Å². The Morgan fingerprint density at radius 3 is 2.59 bits per heavy atom. The van der Waals surface area contributed by atoms with Crippen molar-refractivity contribution in [3.8, 4) is 0 Å². The van der Waals surface area contributed by atoms with E-state index in [0.29, 0.717) is 11.5 Å². The number of nitrogens with one attached hydrogen (secondary N) is 1. The maximum absolute atomic E-state index is 12.7. The molecule has 0 atom stereocenters. The first kappa shape index (κ1) is 17.6. The predicted molar refractivity (Wildman–Crippen MR) is 107 cm³/mol. The number of piperidine rings is 1. The summed E-state index contributed by atoms with van der Waals surface area (Å²) in [6, 6.07) is 16.1. The molecule has 1 aliphatic rings. The molecule has 5 heteroatoms. The molecule has 0 saturated carbocycles. The largest absolute Gasteiger partial charge is 0.440 e. The van der Waals surface area contributed by atoms with Crippen LogP contribution in [0.15, 0.2) is 52.9 Å². The first-order valence-corrected chi connectivity index (χ1v) is 9.61. The van der Waals surface area contributed by atoms with Gasteiger partial charge in [0.2, 0.25) is 0 Å². The average Bonchev–Trinajstić information content (AvgIpc) is 3.13. The van der Waals surface area contributed by atoms with Crippen molar-refractivity contribution in [3.05, 3.63) is 60.0 Å². The molecule has 1 aliphatic heterocycles. The Bertz CT molecular complexity index is 925. The van der Waals surface area contributed by atoms with Crippen LogP contribution in [0.5, 0.6) is 0 Å². The third-order valence-corrected chi connectivity index (χ3v) is 5.11. The summed E-state index contributed by atoms with van der Waals surface area (Å²) in [5.74, 6) is 0.893. The van der Waals surface area contributed by atoms with Crippen LogP contribution < -0.4 is 10.2 Å². The molecule has 0 radical (unpaired) electrons. The normalized spacial score (nSPS) is 15.4. The number of oxazole rings is 1. The number of hydrogen-bond donors (Lipinski definition) is 1. The number of rotatable bonds is 4. The summed E-state index contributed by atoms with van der Waals surface area (Å²) in [7, 11) is 0. The number of aromatic nitrogens is 1. The third-order valence-electron chi connectivity index (χ3n) is 5.11. The van der Waals surface area contributed by atoms with E-state index in [0.717, 1.165) is 37.0 Å². The lowest BCUT2D eigenvalue weighted by Crippen LogP contribution is -2.44. The summed E-state index contributed by atoms with van der Waals surface area (Å²) in [6.45, 7) is 5.99. The van der Waals surface area contributed by atoms with Crippen LogP contribution in [-0.2, 0) is 0 Å². The molecule has 27 heavy (non-hydrogen) atoms. The van der Waals surface area contributed by atoms with Gasteiger partial charge in [-0.3, -0.25) is 4.79 Å². The second kappa shape index (κ2) is 7.43. The number of hydrogen-bond acceptors (Lipinski definition) is 4. The van der Waals surface area contributed by atoms with E-state index in [4.69, 9.17) is 4.42 Å². The molecule has 1 aromatic heterocycles. The number of fused-ring (bicyclic) bond motifs is 1. The Hall–Kier alpha value is -2.82. The average molecular weight is 363 g/mol. The van der Waals surface area contributed by atoms with Gasteiger partial charge in [0.15, 0.2) is 11.5 Å². The van der Waals surface area contributed by atoms with Gasteiger partial charge >= 0.3 is 0 Å². The van der Waals surface area contributed by atoms with Crippen molar-refractivity contribution in [2.75, 3.05) is 18.0 Å². The van der Waals surface area contributed by atoms with E-state index < -0.39 is 0 Å². The van der Waals surface area contributed by atoms with E-state index in [-0.39, 0.29) is 17.9 Å². The van der Waals surface area contributed by atoms with E-state index >= 15 is 0 Å². The fourth-order valence-electron chi connectivity index (χ4n) is 3.52. The van der Waals surface area contributed by atoms with E-state index in [9.17, 15) is 4.79 Å². The summed E-state index contributed by atoms with van der Waals surface area (Å²) < 4.78 is 5.72. The van der Waals surface area contributed by atoms with E-state index in [1.807, 2.05) is 38.1 Å². The van der Waals surface area contributed by atoms with Gasteiger partial charge in [-0.1, -0.05) is 32.0 Å². The highest BCUT2D eigenvalue weighted by atomic mass is 16.3. The Morgan fingerprint density at radius 1 is 1.15 bits per heavy atom. The van der Waals surface area contributed by atoms with Gasteiger partial charge in [-0.25, -0.2) is 4.98 Å². The van der Waals surface area contributed by atoms with Crippen LogP contribution in [0.25, 0.3) is 11.1 Å². The molecular weight excluding hydrogens is 338 g/mol. The van der Waals surface area contributed by atoms with E-state index in [1.165, 1.54) is 5.69 Å². The van der Waals surface area contributed by atoms with Crippen molar-refractivity contribution < 1.29 is 9.21 Å². The predicted octanol–water partition coefficient (Wildman–Crippen LogP) is 4.35. The van der Waals surface area contributed by atoms with Crippen LogP contribution in [0.3, 0.4) is 0 Å². The molecule has 3 aromatic rings. The molecule has 1 fully saturated rings. The van der Waals surface area contributed by atoms with Gasteiger partial charge in [0.1, 0.15) is 5.52 Å². The number of amides is 1. The summed E-state index contributed by atoms with van der Waals surface area (Å²) in [6.07, 6.45) is 1.90. The van der Waals surface area contributed by atoms with Gasteiger partial charge in [0.05, 0.1) is 0 Å². The Morgan fingerprint density at radius 2 is 1.89 bits per heavy atom. The second-order valence-electron chi connectivity index (χ2n) is 7.46. The highest BCUT2D eigenvalue weighted by molar-refractivity contribution is 5.97. The molecule has 0 spiro atoms. The number of carbonyl (C=O) groups excluding carboxylic acids is 1. The molecule has 1 saturated heterocycles. The molecule has 2 aromatic carbocycles. The van der Waals surface area contributed by atoms with Crippen molar-refractivity contribution in [2.24, 2.45) is 0 Å². The Kier molecular flexibility index (Phi) is 4.84. The zero-order chi connectivity index (χ0) is 18.8. The molecule has 1 N–H and O–H groups in total. The first-order chi connectivity index (χ1) is 13.1. The minimum absolute atomic E-state index is 0.0378. The lowest BCUT2D eigenvalue weighted by molar-refractivity contribution is 0.0931. The van der Waals surface area contributed by atoms with Gasteiger partial charge < -0.3 is 14.6 Å². The standard InChI is InChI=1S/C22H25N3O2/c1-15(2)22-24-19-14-16(8-9-20(19)27-22)21(26)23-17-10-12-25(13-11-17)18-6-4-3-5-7-18/h3-9,14-15,17H,10-13H2,1-2H3,(H,23,26). The van der Waals surface area contributed by atoms with Crippen molar-refractivity contribution in [2.45, 2.75) is 38.6 Å². The van der Waals surface area contributed by atoms with Crippen LogP contribution in [0.1, 0.15) is 48.9 Å². The van der Waals surface area contributed by atoms with Crippen LogP contribution in [0, 0.1) is 0 Å². The van der Waals surface area contributed by atoms with Crippen LogP contribution in [0.4, 0.5) is 5.69 Å². The molecule has 4 rings (SSSR count). The minimum atomic E-state index is -0.0378. The molecule has 0 unspecified atom stereocenters. The molecular formula is C22H25N3O2. The SMILES string of the molecule is CC(C)c1nc2cc(C(=O)NC3CCN(c4ccccc4)CC3)ccc2o1. The number of para-hydroxylation sites is 1. The number of carbonyl (C=O) groups is 1. The molecule has 140 valence electrons. The van der Waals surface area contributed by atoms with Crippen LogP contribution in [-0.4, -0.2) is 30.0 Å².